The highest BCUT2D eigenvalue weighted by Gasteiger charge is 2.20. The molecule has 2 N–H and O–H groups in total. The van der Waals surface area contributed by atoms with Gasteiger partial charge in [-0.15, -0.1) is 0 Å². The molecule has 6 heteroatoms. The van der Waals surface area contributed by atoms with E-state index in [-0.39, 0.29) is 11.3 Å². The van der Waals surface area contributed by atoms with E-state index in [0.29, 0.717) is 0 Å². The first kappa shape index (κ1) is 12.2. The number of nitrogens with two attached hydrogens (primary N) is 1. The smallest absolute Gasteiger partial charge is 0.266 e. The Morgan fingerprint density at radius 3 is 2.56 bits per heavy atom. The van der Waals surface area contributed by atoms with Gasteiger partial charge in [0.05, 0.1) is 18.6 Å². The van der Waals surface area contributed by atoms with Crippen LogP contribution in [0.3, 0.4) is 0 Å². The number of carbonyl (C=O) groups excluding carboxylic acids is 1. The van der Waals surface area contributed by atoms with Crippen molar-refractivity contribution in [1.29, 1.82) is 0 Å². The van der Waals surface area contributed by atoms with Crippen LogP contribution in [0, 0.1) is 11.6 Å². The van der Waals surface area contributed by atoms with Crippen LogP contribution in [0.2, 0.25) is 0 Å². The van der Waals surface area contributed by atoms with Gasteiger partial charge in [0.1, 0.15) is 17.3 Å². The van der Waals surface area contributed by atoms with Gasteiger partial charge in [-0.05, 0) is 19.1 Å². The summed E-state index contributed by atoms with van der Waals surface area (Å²) in [6, 6.07) is 2.89. The Hall–Kier alpha value is -2.24. The molecule has 1 unspecified atom stereocenters. The number of aromatic nitrogens is 2. The van der Waals surface area contributed by atoms with E-state index in [9.17, 15) is 13.6 Å². The van der Waals surface area contributed by atoms with Gasteiger partial charge in [0.25, 0.3) is 5.91 Å². The SMILES string of the molecule is CC(c1c(F)cccc1F)n1cncc1C(N)=O. The summed E-state index contributed by atoms with van der Waals surface area (Å²) in [4.78, 5) is 14.9. The minimum Gasteiger partial charge on any atom is -0.364 e. The van der Waals surface area contributed by atoms with E-state index in [4.69, 9.17) is 5.73 Å². The molecule has 0 bridgehead atoms. The number of imidazole rings is 1. The van der Waals surface area contributed by atoms with Crippen LogP contribution in [-0.4, -0.2) is 15.5 Å². The molecule has 2 aromatic rings. The van der Waals surface area contributed by atoms with Crippen molar-refractivity contribution in [2.24, 2.45) is 5.73 Å². The highest BCUT2D eigenvalue weighted by molar-refractivity contribution is 5.90. The maximum absolute atomic E-state index is 13.6. The zero-order valence-corrected chi connectivity index (χ0v) is 9.60. The molecular formula is C12H11F2N3O. The molecule has 0 fully saturated rings. The summed E-state index contributed by atoms with van der Waals surface area (Å²) in [6.45, 7) is 1.57. The molecule has 0 aliphatic carbocycles. The summed E-state index contributed by atoms with van der Waals surface area (Å²) in [5.41, 5.74) is 5.14. The van der Waals surface area contributed by atoms with Crippen LogP contribution in [0.5, 0.6) is 0 Å². The second kappa shape index (κ2) is 4.56. The Morgan fingerprint density at radius 2 is 2.00 bits per heavy atom. The standard InChI is InChI=1S/C12H11F2N3O/c1-7(11-8(13)3-2-4-9(11)14)17-6-16-5-10(17)12(15)18/h2-7H,1H3,(H2,15,18). The summed E-state index contributed by atoms with van der Waals surface area (Å²) in [5.74, 6) is -2.05. The summed E-state index contributed by atoms with van der Waals surface area (Å²) in [6.07, 6.45) is 2.58. The number of benzene rings is 1. The maximum Gasteiger partial charge on any atom is 0.266 e. The first-order chi connectivity index (χ1) is 8.52. The topological polar surface area (TPSA) is 60.9 Å². The first-order valence-corrected chi connectivity index (χ1v) is 5.28. The second-order valence-electron chi connectivity index (χ2n) is 3.86. The fraction of sp³-hybridized carbons (Fsp3) is 0.167. The molecule has 4 nitrogen and oxygen atoms in total. The molecule has 1 aromatic carbocycles. The lowest BCUT2D eigenvalue weighted by Crippen LogP contribution is -2.20. The predicted octanol–water partition coefficient (Wildman–Crippen LogP) is 1.87. The Kier molecular flexibility index (Phi) is 3.10. The van der Waals surface area contributed by atoms with Gasteiger partial charge < -0.3 is 10.3 Å². The Balaban J connectivity index is 2.51. The monoisotopic (exact) mass is 251 g/mol. The van der Waals surface area contributed by atoms with E-state index in [1.165, 1.54) is 23.2 Å². The number of carbonyl (C=O) groups is 1. The van der Waals surface area contributed by atoms with Crippen LogP contribution >= 0.6 is 0 Å². The molecule has 0 spiro atoms. The number of hydrogen-bond donors (Lipinski definition) is 1. The molecule has 1 amide bonds. The van der Waals surface area contributed by atoms with E-state index in [0.717, 1.165) is 12.1 Å². The number of hydrogen-bond acceptors (Lipinski definition) is 2. The molecule has 0 aliphatic heterocycles. The van der Waals surface area contributed by atoms with Gasteiger partial charge in [0.2, 0.25) is 0 Å². The lowest BCUT2D eigenvalue weighted by molar-refractivity contribution is 0.0990. The van der Waals surface area contributed by atoms with Gasteiger partial charge in [0, 0.05) is 5.56 Å². The third-order valence-corrected chi connectivity index (χ3v) is 2.75. The third kappa shape index (κ3) is 1.97. The number of nitrogens with zero attached hydrogens (tertiary/aromatic N) is 2. The van der Waals surface area contributed by atoms with Gasteiger partial charge >= 0.3 is 0 Å². The Morgan fingerprint density at radius 1 is 1.39 bits per heavy atom. The molecule has 0 radical (unpaired) electrons. The number of amides is 1. The van der Waals surface area contributed by atoms with Crippen molar-refractivity contribution in [2.45, 2.75) is 13.0 Å². The van der Waals surface area contributed by atoms with Crippen LogP contribution in [0.15, 0.2) is 30.7 Å². The van der Waals surface area contributed by atoms with Crippen LogP contribution in [-0.2, 0) is 0 Å². The molecule has 1 atom stereocenters. The van der Waals surface area contributed by atoms with E-state index in [2.05, 4.69) is 4.98 Å². The molecule has 94 valence electrons. The molecular weight excluding hydrogens is 240 g/mol. The molecule has 2 rings (SSSR count). The molecule has 1 aromatic heterocycles. The highest BCUT2D eigenvalue weighted by atomic mass is 19.1. The number of halogens is 2. The van der Waals surface area contributed by atoms with Crippen molar-refractivity contribution in [3.8, 4) is 0 Å². The van der Waals surface area contributed by atoms with E-state index in [1.807, 2.05) is 0 Å². The highest BCUT2D eigenvalue weighted by Crippen LogP contribution is 2.24. The van der Waals surface area contributed by atoms with Crippen molar-refractivity contribution in [3.05, 3.63) is 53.6 Å². The minimum absolute atomic E-state index is 0.102. The zero-order valence-electron chi connectivity index (χ0n) is 9.60. The number of primary amides is 1. The van der Waals surface area contributed by atoms with Crippen LogP contribution in [0.4, 0.5) is 8.78 Å². The minimum atomic E-state index is -0.712. The van der Waals surface area contributed by atoms with Crippen molar-refractivity contribution in [2.75, 3.05) is 0 Å². The molecule has 18 heavy (non-hydrogen) atoms. The van der Waals surface area contributed by atoms with E-state index in [1.54, 1.807) is 6.92 Å². The van der Waals surface area contributed by atoms with Gasteiger partial charge in [0.15, 0.2) is 0 Å². The summed E-state index contributed by atoms with van der Waals surface area (Å²) in [5, 5.41) is 0. The number of rotatable bonds is 3. The Labute approximate surface area is 102 Å². The summed E-state index contributed by atoms with van der Waals surface area (Å²) < 4.78 is 28.6. The quantitative estimate of drug-likeness (QED) is 0.905. The summed E-state index contributed by atoms with van der Waals surface area (Å²) >= 11 is 0. The zero-order chi connectivity index (χ0) is 13.3. The van der Waals surface area contributed by atoms with Crippen LogP contribution in [0.25, 0.3) is 0 Å². The third-order valence-electron chi connectivity index (χ3n) is 2.75. The van der Waals surface area contributed by atoms with Crippen molar-refractivity contribution in [3.63, 3.8) is 0 Å². The average Bonchev–Trinajstić information content (AvgIpc) is 2.77. The first-order valence-electron chi connectivity index (χ1n) is 5.28. The fourth-order valence-electron chi connectivity index (χ4n) is 1.85. The van der Waals surface area contributed by atoms with Crippen LogP contribution in [0.1, 0.15) is 29.0 Å². The van der Waals surface area contributed by atoms with E-state index < -0.39 is 23.6 Å². The lowest BCUT2D eigenvalue weighted by Gasteiger charge is -2.17. The fourth-order valence-corrected chi connectivity index (χ4v) is 1.85. The van der Waals surface area contributed by atoms with Gasteiger partial charge in [-0.3, -0.25) is 4.79 Å². The average molecular weight is 251 g/mol. The molecule has 1 heterocycles. The maximum atomic E-state index is 13.6. The molecule has 0 saturated heterocycles. The van der Waals surface area contributed by atoms with Crippen molar-refractivity contribution < 1.29 is 13.6 Å². The second-order valence-corrected chi connectivity index (χ2v) is 3.86. The van der Waals surface area contributed by atoms with Gasteiger partial charge in [-0.2, -0.15) is 0 Å². The summed E-state index contributed by atoms with van der Waals surface area (Å²) in [7, 11) is 0. The molecule has 0 saturated carbocycles. The van der Waals surface area contributed by atoms with Crippen molar-refractivity contribution >= 4 is 5.91 Å². The normalized spacial score (nSPS) is 12.4. The van der Waals surface area contributed by atoms with E-state index >= 15 is 0 Å². The molecule has 0 aliphatic rings. The van der Waals surface area contributed by atoms with Crippen molar-refractivity contribution in [1.82, 2.24) is 9.55 Å². The van der Waals surface area contributed by atoms with Crippen LogP contribution < -0.4 is 5.73 Å². The largest absolute Gasteiger partial charge is 0.364 e. The lowest BCUT2D eigenvalue weighted by atomic mass is 10.1. The van der Waals surface area contributed by atoms with Gasteiger partial charge in [-0.1, -0.05) is 6.07 Å². The predicted molar refractivity (Wildman–Crippen MR) is 60.9 cm³/mol. The van der Waals surface area contributed by atoms with Gasteiger partial charge in [-0.25, -0.2) is 13.8 Å². The Bertz CT molecular complexity index is 575.